The van der Waals surface area contributed by atoms with Gasteiger partial charge >= 0.3 is 0 Å². The summed E-state index contributed by atoms with van der Waals surface area (Å²) >= 11 is 10.7. The summed E-state index contributed by atoms with van der Waals surface area (Å²) in [6, 6.07) is 34.1. The Morgan fingerprint density at radius 3 is 1.89 bits per heavy atom. The molecule has 0 unspecified atom stereocenters. The highest BCUT2D eigenvalue weighted by Crippen LogP contribution is 2.28. The smallest absolute Gasteiger partial charge is 0.261 e. The molecule has 0 aromatic heterocycles. The molecule has 0 saturated heterocycles. The van der Waals surface area contributed by atoms with E-state index in [9.17, 15) is 9.59 Å². The van der Waals surface area contributed by atoms with E-state index in [1.165, 1.54) is 11.1 Å². The van der Waals surface area contributed by atoms with Gasteiger partial charge in [-0.05, 0) is 84.8 Å². The molecule has 220 valence electrons. The summed E-state index contributed by atoms with van der Waals surface area (Å²) in [5.74, 6) is -0.609. The molecule has 44 heavy (non-hydrogen) atoms. The number of hydrogen-bond acceptors (Lipinski definition) is 6. The largest absolute Gasteiger partial charge is 0.331 e. The lowest BCUT2D eigenvalue weighted by Crippen LogP contribution is -2.31. The third-order valence-electron chi connectivity index (χ3n) is 6.64. The number of nitrogens with zero attached hydrogens (tertiary/aromatic N) is 3. The summed E-state index contributed by atoms with van der Waals surface area (Å²) in [7, 11) is 0. The van der Waals surface area contributed by atoms with Crippen molar-refractivity contribution >= 4 is 69.8 Å². The van der Waals surface area contributed by atoms with Crippen molar-refractivity contribution in [3.63, 3.8) is 0 Å². The van der Waals surface area contributed by atoms with Crippen LogP contribution in [0, 0.1) is 0 Å². The van der Waals surface area contributed by atoms with Gasteiger partial charge in [-0.15, -0.1) is 0 Å². The predicted octanol–water partition coefficient (Wildman–Crippen LogP) is 6.04. The summed E-state index contributed by atoms with van der Waals surface area (Å²) in [5, 5.41) is 15.3. The van der Waals surface area contributed by atoms with Crippen molar-refractivity contribution in [2.24, 2.45) is 10.2 Å². The zero-order chi connectivity index (χ0) is 30.7. The molecule has 0 fully saturated rings. The molecular weight excluding hydrogens is 591 g/mol. The Balaban J connectivity index is 1.22. The van der Waals surface area contributed by atoms with Gasteiger partial charge in [0.05, 0.1) is 23.1 Å². The van der Waals surface area contributed by atoms with E-state index in [1.54, 1.807) is 12.1 Å². The fraction of sp³-hybridized carbons (Fsp3) is 0.0909. The van der Waals surface area contributed by atoms with Gasteiger partial charge in [0.1, 0.15) is 0 Å². The van der Waals surface area contributed by atoms with Crippen LogP contribution in [-0.4, -0.2) is 45.4 Å². The van der Waals surface area contributed by atoms with E-state index in [1.807, 2.05) is 97.1 Å². The number of rotatable bonds is 10. The number of amides is 2. The second-order valence-electron chi connectivity index (χ2n) is 9.72. The number of carbonyl (C=O) groups excluding carboxylic acids is 2. The lowest BCUT2D eigenvalue weighted by atomic mass is 10.0. The first-order valence-corrected chi connectivity index (χ1v) is 14.7. The topological polar surface area (TPSA) is 110 Å². The molecule has 2 amide bonds. The van der Waals surface area contributed by atoms with Crippen molar-refractivity contribution in [3.8, 4) is 11.1 Å². The Morgan fingerprint density at radius 2 is 1.25 bits per heavy atom. The number of imide groups is 1. The highest BCUT2D eigenvalue weighted by molar-refractivity contribution is 7.80. The van der Waals surface area contributed by atoms with E-state index in [-0.39, 0.29) is 18.4 Å². The Hall–Kier alpha value is -5.26. The number of nitrogens with one attached hydrogen (secondary N) is 4. The van der Waals surface area contributed by atoms with Crippen LogP contribution in [0.2, 0.25) is 0 Å². The van der Waals surface area contributed by atoms with Crippen LogP contribution in [0.5, 0.6) is 0 Å². The Morgan fingerprint density at radius 1 is 0.682 bits per heavy atom. The third-order valence-corrected chi connectivity index (χ3v) is 7.02. The SMILES string of the molecule is O=C1c2ccc(-c3ccccc3)cc2C(=O)N1CCCC(/C=N/NC(=S)Nc1ccccc1)=N\NC(=S)Nc1ccccc1. The van der Waals surface area contributed by atoms with Gasteiger partial charge < -0.3 is 10.6 Å². The Bertz CT molecular complexity index is 1710. The van der Waals surface area contributed by atoms with E-state index < -0.39 is 0 Å². The normalized spacial score (nSPS) is 12.6. The molecule has 4 aromatic carbocycles. The minimum Gasteiger partial charge on any atom is -0.331 e. The average molecular weight is 620 g/mol. The average Bonchev–Trinajstić information content (AvgIpc) is 3.29. The second-order valence-corrected chi connectivity index (χ2v) is 10.5. The van der Waals surface area contributed by atoms with E-state index in [2.05, 4.69) is 31.7 Å². The maximum atomic E-state index is 13.2. The van der Waals surface area contributed by atoms with Crippen molar-refractivity contribution in [1.29, 1.82) is 0 Å². The summed E-state index contributed by atoms with van der Waals surface area (Å²) in [5.41, 5.74) is 10.5. The molecule has 0 spiro atoms. The molecule has 0 radical (unpaired) electrons. The van der Waals surface area contributed by atoms with Crippen molar-refractivity contribution in [1.82, 2.24) is 15.8 Å². The summed E-state index contributed by atoms with van der Waals surface area (Å²) < 4.78 is 0. The van der Waals surface area contributed by atoms with Crippen LogP contribution in [-0.2, 0) is 0 Å². The van der Waals surface area contributed by atoms with Gasteiger partial charge in [-0.25, -0.2) is 0 Å². The Kier molecular flexibility index (Phi) is 10.1. The van der Waals surface area contributed by atoms with E-state index in [4.69, 9.17) is 24.4 Å². The molecule has 1 aliphatic rings. The number of carbonyl (C=O) groups is 2. The molecule has 0 atom stereocenters. The lowest BCUT2D eigenvalue weighted by Gasteiger charge is -2.13. The molecule has 11 heteroatoms. The molecule has 0 aliphatic carbocycles. The quantitative estimate of drug-likeness (QED) is 0.0736. The van der Waals surface area contributed by atoms with Gasteiger partial charge in [0.2, 0.25) is 0 Å². The predicted molar refractivity (Wildman–Crippen MR) is 184 cm³/mol. The van der Waals surface area contributed by atoms with Gasteiger partial charge in [-0.1, -0.05) is 72.8 Å². The minimum atomic E-state index is -0.305. The van der Waals surface area contributed by atoms with Gasteiger partial charge in [-0.2, -0.15) is 10.2 Å². The van der Waals surface area contributed by atoms with Crippen molar-refractivity contribution in [2.45, 2.75) is 12.8 Å². The van der Waals surface area contributed by atoms with Gasteiger partial charge in [0, 0.05) is 17.9 Å². The van der Waals surface area contributed by atoms with Gasteiger partial charge in [0.25, 0.3) is 11.8 Å². The van der Waals surface area contributed by atoms with Crippen LogP contribution in [0.15, 0.2) is 119 Å². The van der Waals surface area contributed by atoms with Gasteiger partial charge in [-0.3, -0.25) is 25.3 Å². The van der Waals surface area contributed by atoms with Crippen molar-refractivity contribution in [3.05, 3.63) is 120 Å². The standard InChI is InChI=1S/C33H29N7O2S2/c41-30-28-19-18-24(23-11-4-1-5-12-23)21-29(28)31(42)40(30)20-10-17-27(37-39-33(44)36-26-15-8-3-9-16-26)22-34-38-32(43)35-25-13-6-2-7-14-25/h1-9,11-16,18-19,21-22H,10,17,20H2,(H2,35,38,43)(H2,36,39,44)/b34-22+,37-27+. The van der Waals surface area contributed by atoms with E-state index in [0.717, 1.165) is 22.5 Å². The summed E-state index contributed by atoms with van der Waals surface area (Å²) in [6.07, 6.45) is 2.37. The number of para-hydroxylation sites is 2. The number of benzene rings is 4. The molecule has 9 nitrogen and oxygen atoms in total. The maximum absolute atomic E-state index is 13.2. The van der Waals surface area contributed by atoms with Crippen molar-refractivity contribution in [2.75, 3.05) is 17.2 Å². The summed E-state index contributed by atoms with van der Waals surface area (Å²) in [6.45, 7) is 0.216. The van der Waals surface area contributed by atoms with Crippen LogP contribution in [0.3, 0.4) is 0 Å². The van der Waals surface area contributed by atoms with E-state index >= 15 is 0 Å². The highest BCUT2D eigenvalue weighted by Gasteiger charge is 2.35. The third kappa shape index (κ3) is 7.97. The van der Waals surface area contributed by atoms with Crippen LogP contribution in [0.25, 0.3) is 11.1 Å². The van der Waals surface area contributed by atoms with Crippen molar-refractivity contribution < 1.29 is 9.59 Å². The molecule has 0 bridgehead atoms. The first-order valence-electron chi connectivity index (χ1n) is 13.9. The van der Waals surface area contributed by atoms with Crippen LogP contribution in [0.4, 0.5) is 11.4 Å². The molecule has 0 saturated carbocycles. The fourth-order valence-corrected chi connectivity index (χ4v) is 4.85. The Labute approximate surface area is 266 Å². The lowest BCUT2D eigenvalue weighted by molar-refractivity contribution is 0.0653. The number of hydrazone groups is 2. The molecule has 1 aliphatic heterocycles. The number of anilines is 2. The number of hydrogen-bond donors (Lipinski definition) is 4. The minimum absolute atomic E-state index is 0.216. The molecular formula is C33H29N7O2S2. The molecule has 4 aromatic rings. The summed E-state index contributed by atoms with van der Waals surface area (Å²) in [4.78, 5) is 27.6. The first-order chi connectivity index (χ1) is 21.5. The first kappa shape index (κ1) is 30.2. The maximum Gasteiger partial charge on any atom is 0.261 e. The second kappa shape index (κ2) is 14.8. The van der Waals surface area contributed by atoms with E-state index in [0.29, 0.717) is 39.9 Å². The molecule has 1 heterocycles. The van der Waals surface area contributed by atoms with Gasteiger partial charge in [0.15, 0.2) is 10.2 Å². The van der Waals surface area contributed by atoms with Crippen LogP contribution >= 0.6 is 24.4 Å². The fourth-order valence-electron chi connectivity index (χ4n) is 4.52. The van der Waals surface area contributed by atoms with Crippen LogP contribution < -0.4 is 21.5 Å². The highest BCUT2D eigenvalue weighted by atomic mass is 32.1. The van der Waals surface area contributed by atoms with Crippen LogP contribution in [0.1, 0.15) is 33.6 Å². The number of fused-ring (bicyclic) bond motifs is 1. The monoisotopic (exact) mass is 619 g/mol. The zero-order valence-corrected chi connectivity index (χ0v) is 25.2. The molecule has 5 rings (SSSR count). The molecule has 4 N–H and O–H groups in total. The number of thiocarbonyl (C=S) groups is 2. The zero-order valence-electron chi connectivity index (χ0n) is 23.6.